The van der Waals surface area contributed by atoms with E-state index >= 15 is 0 Å². The summed E-state index contributed by atoms with van der Waals surface area (Å²) in [5.74, 6) is -0.985. The molecule has 0 spiro atoms. The number of thiazole rings is 1. The van der Waals surface area contributed by atoms with E-state index in [1.165, 1.54) is 17.4 Å². The highest BCUT2D eigenvalue weighted by atomic mass is 32.3. The molecule has 0 atom stereocenters. The Morgan fingerprint density at radius 2 is 1.86 bits per heavy atom. The highest BCUT2D eigenvalue weighted by molar-refractivity contribution is 7.97. The lowest BCUT2D eigenvalue weighted by atomic mass is 9.97. The van der Waals surface area contributed by atoms with E-state index in [4.69, 9.17) is 4.74 Å². The van der Waals surface area contributed by atoms with Gasteiger partial charge in [-0.25, -0.2) is 4.98 Å². The van der Waals surface area contributed by atoms with Crippen molar-refractivity contribution in [2.45, 2.75) is 39.1 Å². The molecule has 8 nitrogen and oxygen atoms in total. The largest absolute Gasteiger partial charge is 0.488 e. The van der Waals surface area contributed by atoms with Crippen molar-refractivity contribution >= 4 is 32.7 Å². The molecule has 5 rings (SSSR count). The minimum absolute atomic E-state index is 0.0673. The number of carboxylic acid groups (broad SMARTS) is 1. The van der Waals surface area contributed by atoms with Crippen molar-refractivity contribution in [3.63, 3.8) is 0 Å². The topological polar surface area (TPSA) is 103 Å². The third kappa shape index (κ3) is 7.13. The molecule has 0 amide bonds. The molecule has 2 aromatic carbocycles. The normalized spacial score (nSPS) is 18.3. The maximum Gasteiger partial charge on any atom is 0.419 e. The zero-order chi connectivity index (χ0) is 30.1. The summed E-state index contributed by atoms with van der Waals surface area (Å²) in [7, 11) is -2.72. The molecule has 2 N–H and O–H groups in total. The SMILES string of the molecule is Cc1cc(CN2CC[S+](=O)(O)CC2)ccc1COc1c(-c2csc(N3CCC(C(=O)O)CC3)n2)cccc1C(F)(F)F. The molecule has 0 saturated carbocycles. The Labute approximate surface area is 247 Å². The molecule has 3 heterocycles. The van der Waals surface area contributed by atoms with Gasteiger partial charge in [0.1, 0.15) is 12.4 Å². The highest BCUT2D eigenvalue weighted by Gasteiger charge is 2.36. The number of hydrogen-bond acceptors (Lipinski definition) is 7. The minimum Gasteiger partial charge on any atom is -0.488 e. The number of aryl methyl sites for hydroxylation is 1. The zero-order valence-electron chi connectivity index (χ0n) is 23.1. The number of para-hydroxylation sites is 1. The van der Waals surface area contributed by atoms with Crippen LogP contribution in [0.3, 0.4) is 0 Å². The van der Waals surface area contributed by atoms with Crippen LogP contribution in [0.15, 0.2) is 41.8 Å². The molecule has 0 aliphatic carbocycles. The van der Waals surface area contributed by atoms with Gasteiger partial charge in [0.25, 0.3) is 0 Å². The van der Waals surface area contributed by atoms with Gasteiger partial charge in [-0.2, -0.15) is 17.7 Å². The third-order valence-corrected chi connectivity index (χ3v) is 10.4. The number of halogens is 3. The summed E-state index contributed by atoms with van der Waals surface area (Å²) in [5, 5.41) is 11.6. The van der Waals surface area contributed by atoms with Crippen LogP contribution in [0, 0.1) is 12.8 Å². The predicted octanol–water partition coefficient (Wildman–Crippen LogP) is 5.81. The summed E-state index contributed by atoms with van der Waals surface area (Å²) in [5.41, 5.74) is 2.38. The molecular formula is C29H33F3N3O5S2+. The van der Waals surface area contributed by atoms with Crippen LogP contribution in [0.1, 0.15) is 35.1 Å². The highest BCUT2D eigenvalue weighted by Crippen LogP contribution is 2.43. The van der Waals surface area contributed by atoms with Crippen LogP contribution in [0.5, 0.6) is 5.75 Å². The number of aliphatic carboxylic acids is 1. The van der Waals surface area contributed by atoms with Crippen LogP contribution >= 0.6 is 11.3 Å². The molecule has 3 aromatic rings. The maximum atomic E-state index is 14.1. The summed E-state index contributed by atoms with van der Waals surface area (Å²) in [6.45, 7) is 4.55. The fourth-order valence-corrected chi connectivity index (χ4v) is 7.48. The smallest absolute Gasteiger partial charge is 0.419 e. The van der Waals surface area contributed by atoms with Crippen molar-refractivity contribution in [3.05, 3.63) is 64.0 Å². The van der Waals surface area contributed by atoms with E-state index in [-0.39, 0.29) is 29.4 Å². The Morgan fingerprint density at radius 1 is 1.14 bits per heavy atom. The molecule has 2 aliphatic heterocycles. The Bertz CT molecular complexity index is 1480. The van der Waals surface area contributed by atoms with Crippen molar-refractivity contribution in [1.82, 2.24) is 9.88 Å². The maximum absolute atomic E-state index is 14.1. The molecule has 0 unspecified atom stereocenters. The number of hydrogen-bond donors (Lipinski definition) is 2. The fraction of sp³-hybridized carbons (Fsp3) is 0.448. The summed E-state index contributed by atoms with van der Waals surface area (Å²) >= 11 is 1.31. The lowest BCUT2D eigenvalue weighted by molar-refractivity contribution is -0.142. The summed E-state index contributed by atoms with van der Waals surface area (Å²) in [4.78, 5) is 20.0. The van der Waals surface area contributed by atoms with Crippen molar-refractivity contribution in [3.8, 4) is 17.0 Å². The lowest BCUT2D eigenvalue weighted by Crippen LogP contribution is -2.42. The molecule has 0 bridgehead atoms. The first kappa shape index (κ1) is 30.5. The van der Waals surface area contributed by atoms with E-state index in [1.54, 1.807) is 11.4 Å². The number of benzene rings is 2. The average molecular weight is 625 g/mol. The number of carboxylic acids is 1. The number of anilines is 1. The molecule has 13 heteroatoms. The summed E-state index contributed by atoms with van der Waals surface area (Å²) in [6, 6.07) is 9.65. The molecular weight excluding hydrogens is 591 g/mol. The standard InChI is InChI=1S/C29H32F3N3O5S2/c1-19-15-20(16-34-11-13-42(38,39)14-12-34)5-6-22(19)17-40-26-23(3-2-4-24(26)29(30,31)32)25-18-41-28(33-25)35-9-7-21(8-10-35)27(36)37/h2-6,15,18,21H,7-14,16-17H2,1H3,(H-,36,37,38,39)/p+1. The first-order chi connectivity index (χ1) is 19.9. The van der Waals surface area contributed by atoms with Crippen LogP contribution in [0.2, 0.25) is 0 Å². The van der Waals surface area contributed by atoms with Gasteiger partial charge >= 0.3 is 12.1 Å². The van der Waals surface area contributed by atoms with Gasteiger partial charge in [0.05, 0.1) is 17.2 Å². The van der Waals surface area contributed by atoms with Gasteiger partial charge in [-0.15, -0.1) is 11.3 Å². The van der Waals surface area contributed by atoms with E-state index in [0.29, 0.717) is 56.4 Å². The van der Waals surface area contributed by atoms with Crippen LogP contribution in [0.25, 0.3) is 11.3 Å². The Morgan fingerprint density at radius 3 is 2.50 bits per heavy atom. The van der Waals surface area contributed by atoms with Gasteiger partial charge in [0.15, 0.2) is 16.6 Å². The molecule has 226 valence electrons. The van der Waals surface area contributed by atoms with Crippen molar-refractivity contribution in [2.75, 3.05) is 42.6 Å². The molecule has 2 fully saturated rings. The van der Waals surface area contributed by atoms with E-state index in [9.17, 15) is 31.8 Å². The first-order valence-electron chi connectivity index (χ1n) is 13.7. The van der Waals surface area contributed by atoms with E-state index < -0.39 is 33.8 Å². The fourth-order valence-electron chi connectivity index (χ4n) is 5.31. The van der Waals surface area contributed by atoms with E-state index in [2.05, 4.69) is 9.88 Å². The van der Waals surface area contributed by atoms with Gasteiger partial charge in [0.2, 0.25) is 10.2 Å². The van der Waals surface area contributed by atoms with Gasteiger partial charge in [-0.05, 0) is 48.6 Å². The summed E-state index contributed by atoms with van der Waals surface area (Å²) < 4.78 is 69.7. The van der Waals surface area contributed by atoms with Crippen LogP contribution in [-0.2, 0) is 38.5 Å². The molecule has 1 aromatic heterocycles. The van der Waals surface area contributed by atoms with Gasteiger partial charge < -0.3 is 14.7 Å². The quantitative estimate of drug-likeness (QED) is 0.303. The molecule has 2 aliphatic rings. The van der Waals surface area contributed by atoms with Gasteiger partial charge in [-0.1, -0.05) is 28.5 Å². The van der Waals surface area contributed by atoms with E-state index in [0.717, 1.165) is 22.8 Å². The minimum atomic E-state index is -4.63. The van der Waals surface area contributed by atoms with Crippen LogP contribution in [-0.4, -0.2) is 63.2 Å². The van der Waals surface area contributed by atoms with Crippen molar-refractivity contribution in [1.29, 1.82) is 0 Å². The second-order valence-corrected chi connectivity index (χ2v) is 14.0. The number of alkyl halides is 3. The van der Waals surface area contributed by atoms with Crippen molar-refractivity contribution < 1.29 is 36.6 Å². The predicted molar refractivity (Wildman–Crippen MR) is 156 cm³/mol. The van der Waals surface area contributed by atoms with Gasteiger partial charge in [0, 0.05) is 43.7 Å². The molecule has 2 saturated heterocycles. The number of ether oxygens (including phenoxy) is 1. The second-order valence-electron chi connectivity index (χ2n) is 10.8. The summed E-state index contributed by atoms with van der Waals surface area (Å²) in [6.07, 6.45) is -3.65. The van der Waals surface area contributed by atoms with Gasteiger partial charge in [-0.3, -0.25) is 9.69 Å². The Kier molecular flexibility index (Phi) is 8.93. The first-order valence-corrected chi connectivity index (χ1v) is 16.4. The molecule has 42 heavy (non-hydrogen) atoms. The molecule has 0 radical (unpaired) electrons. The number of aromatic nitrogens is 1. The average Bonchev–Trinajstić information content (AvgIpc) is 3.43. The Hall–Kier alpha value is -3.00. The number of rotatable bonds is 8. The monoisotopic (exact) mass is 624 g/mol. The number of carbonyl (C=O) groups is 1. The Balaban J connectivity index is 1.33. The number of piperidine rings is 1. The van der Waals surface area contributed by atoms with Crippen LogP contribution in [0.4, 0.5) is 18.3 Å². The second kappa shape index (κ2) is 12.3. The lowest BCUT2D eigenvalue weighted by Gasteiger charge is -2.29. The number of nitrogens with zero attached hydrogens (tertiary/aromatic N) is 3. The zero-order valence-corrected chi connectivity index (χ0v) is 24.7. The van der Waals surface area contributed by atoms with Crippen LogP contribution < -0.4 is 9.64 Å². The van der Waals surface area contributed by atoms with Crippen molar-refractivity contribution in [2.24, 2.45) is 5.92 Å². The third-order valence-electron chi connectivity index (χ3n) is 7.84. The van der Waals surface area contributed by atoms with E-state index in [1.807, 2.05) is 30.0 Å².